The summed E-state index contributed by atoms with van der Waals surface area (Å²) in [5.41, 5.74) is 16.8. The van der Waals surface area contributed by atoms with Gasteiger partial charge >= 0.3 is 0 Å². The van der Waals surface area contributed by atoms with Crippen LogP contribution in [0.3, 0.4) is 0 Å². The zero-order valence-electron chi connectivity index (χ0n) is 28.2. The average molecular weight is 659 g/mol. The van der Waals surface area contributed by atoms with Crippen molar-refractivity contribution >= 4 is 43.5 Å². The molecule has 1 aromatic heterocycles. The number of hydrogen-bond donors (Lipinski definition) is 0. The van der Waals surface area contributed by atoms with Crippen molar-refractivity contribution in [2.24, 2.45) is 0 Å². The van der Waals surface area contributed by atoms with E-state index < -0.39 is 5.41 Å². The normalized spacial score (nSPS) is 13.5. The van der Waals surface area contributed by atoms with E-state index in [2.05, 4.69) is 182 Å². The monoisotopic (exact) mass is 658 g/mol. The molecule has 52 heavy (non-hydrogen) atoms. The highest BCUT2D eigenvalue weighted by atomic mass is 16.3. The maximum Gasteiger partial charge on any atom is 0.136 e. The Morgan fingerprint density at radius 3 is 1.75 bits per heavy atom. The van der Waals surface area contributed by atoms with Crippen molar-refractivity contribution in [1.82, 2.24) is 0 Å². The van der Waals surface area contributed by atoms with Crippen LogP contribution in [0.15, 0.2) is 186 Å². The maximum absolute atomic E-state index is 6.65. The van der Waals surface area contributed by atoms with Gasteiger partial charge in [0.2, 0.25) is 0 Å². The van der Waals surface area contributed by atoms with Gasteiger partial charge in [-0.05, 0) is 125 Å². The van der Waals surface area contributed by atoms with Crippen LogP contribution in [0.1, 0.15) is 22.3 Å². The Morgan fingerprint density at radius 2 is 0.962 bits per heavy atom. The number of hydrogen-bond acceptors (Lipinski definition) is 1. The summed E-state index contributed by atoms with van der Waals surface area (Å²) in [7, 11) is 0. The molecule has 0 saturated heterocycles. The molecular weight excluding hydrogens is 629 g/mol. The van der Waals surface area contributed by atoms with Crippen LogP contribution in [0.2, 0.25) is 0 Å². The van der Waals surface area contributed by atoms with E-state index in [0.29, 0.717) is 0 Å². The van der Waals surface area contributed by atoms with E-state index in [1.165, 1.54) is 82.7 Å². The first kappa shape index (κ1) is 28.0. The molecule has 0 atom stereocenters. The third-order valence-electron chi connectivity index (χ3n) is 11.8. The quantitative estimate of drug-likeness (QED) is 0.180. The first-order chi connectivity index (χ1) is 25.8. The Balaban J connectivity index is 1.21. The zero-order valence-corrected chi connectivity index (χ0v) is 28.2. The lowest BCUT2D eigenvalue weighted by molar-refractivity contribution is 0.669. The fraction of sp³-hybridized carbons (Fsp3) is 0.0196. The molecule has 240 valence electrons. The van der Waals surface area contributed by atoms with E-state index in [9.17, 15) is 0 Å². The molecule has 1 heteroatoms. The van der Waals surface area contributed by atoms with Gasteiger partial charge in [-0.3, -0.25) is 0 Å². The second-order valence-electron chi connectivity index (χ2n) is 14.4. The molecule has 12 rings (SSSR count). The molecule has 2 aliphatic rings. The van der Waals surface area contributed by atoms with Gasteiger partial charge in [0, 0.05) is 10.8 Å². The minimum absolute atomic E-state index is 0.484. The molecule has 0 N–H and O–H groups in total. The Hall–Kier alpha value is -6.70. The minimum atomic E-state index is -0.484. The van der Waals surface area contributed by atoms with Crippen molar-refractivity contribution in [2.75, 3.05) is 0 Å². The van der Waals surface area contributed by atoms with Crippen LogP contribution in [-0.2, 0) is 5.41 Å². The molecule has 0 bridgehead atoms. The van der Waals surface area contributed by atoms with Gasteiger partial charge in [-0.1, -0.05) is 146 Å². The van der Waals surface area contributed by atoms with Crippen LogP contribution in [0, 0.1) is 0 Å². The van der Waals surface area contributed by atoms with E-state index in [-0.39, 0.29) is 0 Å². The zero-order chi connectivity index (χ0) is 34.0. The summed E-state index contributed by atoms with van der Waals surface area (Å²) in [6.45, 7) is 0. The summed E-state index contributed by atoms with van der Waals surface area (Å²) in [4.78, 5) is 0. The Morgan fingerprint density at radius 1 is 0.327 bits per heavy atom. The third-order valence-corrected chi connectivity index (χ3v) is 11.8. The Kier molecular flexibility index (Phi) is 5.49. The van der Waals surface area contributed by atoms with E-state index in [4.69, 9.17) is 4.42 Å². The van der Waals surface area contributed by atoms with Crippen molar-refractivity contribution in [3.8, 4) is 44.5 Å². The van der Waals surface area contributed by atoms with E-state index in [0.717, 1.165) is 27.5 Å². The van der Waals surface area contributed by atoms with Gasteiger partial charge in [0.15, 0.2) is 0 Å². The lowest BCUT2D eigenvalue weighted by atomic mass is 9.69. The van der Waals surface area contributed by atoms with Gasteiger partial charge < -0.3 is 4.42 Å². The van der Waals surface area contributed by atoms with Crippen molar-refractivity contribution in [3.05, 3.63) is 204 Å². The van der Waals surface area contributed by atoms with Crippen LogP contribution in [0.5, 0.6) is 0 Å². The first-order valence-electron chi connectivity index (χ1n) is 18.1. The number of rotatable bonds is 2. The molecule has 0 saturated carbocycles. The predicted octanol–water partition coefficient (Wildman–Crippen LogP) is 13.6. The Labute approximate surface area is 301 Å². The van der Waals surface area contributed by atoms with Crippen molar-refractivity contribution in [3.63, 3.8) is 0 Å². The standard InChI is InChI=1S/C51H30O/c1-2-12-31(13-3-1)34-22-25-41-46(28-34)51(44-20-10-8-18-38(44)39-19-9-11-21-45(39)51)50-37-17-7-6-16-35(37)27-42(49(41)50)36-23-24-40-43-26-32-14-4-5-15-33(32)29-48(43)52-47(40)30-36/h1-30H. The van der Waals surface area contributed by atoms with Gasteiger partial charge in [0.05, 0.1) is 5.41 Å². The maximum atomic E-state index is 6.65. The van der Waals surface area contributed by atoms with Gasteiger partial charge in [-0.15, -0.1) is 0 Å². The van der Waals surface area contributed by atoms with Crippen LogP contribution >= 0.6 is 0 Å². The van der Waals surface area contributed by atoms with Gasteiger partial charge in [0.1, 0.15) is 11.2 Å². The molecule has 2 aliphatic carbocycles. The number of furan rings is 1. The van der Waals surface area contributed by atoms with Crippen LogP contribution in [0.25, 0.3) is 88.0 Å². The topological polar surface area (TPSA) is 13.1 Å². The summed E-state index contributed by atoms with van der Waals surface area (Å²) < 4.78 is 6.65. The SMILES string of the molecule is c1ccc(-c2ccc3c(c2)C2(c4ccccc4-c4ccccc42)c2c-3c(-c3ccc4c(c3)oc3cc5ccccc5cc34)cc3ccccc23)cc1. The van der Waals surface area contributed by atoms with E-state index in [1.807, 2.05) is 0 Å². The third kappa shape index (κ3) is 3.57. The highest BCUT2D eigenvalue weighted by Gasteiger charge is 2.53. The molecule has 0 unspecified atom stereocenters. The summed E-state index contributed by atoms with van der Waals surface area (Å²) >= 11 is 0. The summed E-state index contributed by atoms with van der Waals surface area (Å²) in [6, 6.07) is 67.4. The van der Waals surface area contributed by atoms with E-state index >= 15 is 0 Å². The largest absolute Gasteiger partial charge is 0.456 e. The number of benzene rings is 9. The minimum Gasteiger partial charge on any atom is -0.456 e. The second kappa shape index (κ2) is 10.2. The lowest BCUT2D eigenvalue weighted by Crippen LogP contribution is -2.26. The van der Waals surface area contributed by atoms with Crippen LogP contribution < -0.4 is 0 Å². The molecule has 1 nitrogen and oxygen atoms in total. The molecule has 0 aliphatic heterocycles. The Bertz CT molecular complexity index is 3080. The van der Waals surface area contributed by atoms with Crippen LogP contribution in [0.4, 0.5) is 0 Å². The molecule has 0 fully saturated rings. The lowest BCUT2D eigenvalue weighted by Gasteiger charge is -2.32. The average Bonchev–Trinajstić information content (AvgIpc) is 3.83. The van der Waals surface area contributed by atoms with Gasteiger partial charge in [-0.2, -0.15) is 0 Å². The fourth-order valence-corrected chi connectivity index (χ4v) is 9.69. The van der Waals surface area contributed by atoms with Gasteiger partial charge in [-0.25, -0.2) is 0 Å². The summed E-state index contributed by atoms with van der Waals surface area (Å²) in [5, 5.41) is 7.25. The van der Waals surface area contributed by atoms with Crippen molar-refractivity contribution < 1.29 is 4.42 Å². The highest BCUT2D eigenvalue weighted by Crippen LogP contribution is 2.65. The molecule has 0 radical (unpaired) electrons. The highest BCUT2D eigenvalue weighted by molar-refractivity contribution is 6.13. The molecule has 0 amide bonds. The molecular formula is C51H30O. The summed E-state index contributed by atoms with van der Waals surface area (Å²) in [5.74, 6) is 0. The first-order valence-corrected chi connectivity index (χ1v) is 18.1. The smallest absolute Gasteiger partial charge is 0.136 e. The molecule has 10 aromatic rings. The van der Waals surface area contributed by atoms with Crippen molar-refractivity contribution in [1.29, 1.82) is 0 Å². The van der Waals surface area contributed by atoms with Crippen molar-refractivity contribution in [2.45, 2.75) is 5.41 Å². The van der Waals surface area contributed by atoms with Gasteiger partial charge in [0.25, 0.3) is 0 Å². The fourth-order valence-electron chi connectivity index (χ4n) is 9.69. The van der Waals surface area contributed by atoms with E-state index in [1.54, 1.807) is 0 Å². The molecule has 1 heterocycles. The summed E-state index contributed by atoms with van der Waals surface area (Å²) in [6.07, 6.45) is 0. The molecule has 9 aromatic carbocycles. The predicted molar refractivity (Wildman–Crippen MR) is 216 cm³/mol. The number of fused-ring (bicyclic) bond motifs is 16. The second-order valence-corrected chi connectivity index (χ2v) is 14.4. The van der Waals surface area contributed by atoms with Crippen LogP contribution in [-0.4, -0.2) is 0 Å². The molecule has 1 spiro atoms.